The van der Waals surface area contributed by atoms with Gasteiger partial charge in [0.25, 0.3) is 0 Å². The van der Waals surface area contributed by atoms with E-state index in [4.69, 9.17) is 0 Å². The second kappa shape index (κ2) is 9.00. The van der Waals surface area contributed by atoms with E-state index >= 15 is 0 Å². The van der Waals surface area contributed by atoms with Gasteiger partial charge in [-0.3, -0.25) is 9.59 Å². The van der Waals surface area contributed by atoms with Crippen LogP contribution in [0.5, 0.6) is 0 Å². The summed E-state index contributed by atoms with van der Waals surface area (Å²) in [4.78, 5) is 27.6. The maximum Gasteiger partial charge on any atom is 0.249 e. The highest BCUT2D eigenvalue weighted by Gasteiger charge is 2.35. The number of hydrogen-bond acceptors (Lipinski definition) is 5. The van der Waals surface area contributed by atoms with E-state index in [0.717, 1.165) is 33.0 Å². The number of rotatable bonds is 5. The van der Waals surface area contributed by atoms with Gasteiger partial charge in [-0.2, -0.15) is 10.4 Å². The van der Waals surface area contributed by atoms with Crippen LogP contribution in [-0.4, -0.2) is 21.5 Å². The van der Waals surface area contributed by atoms with Gasteiger partial charge in [0.05, 0.1) is 17.5 Å². The molecule has 34 heavy (non-hydrogen) atoms. The van der Waals surface area contributed by atoms with Crippen LogP contribution >= 0.6 is 11.8 Å². The molecule has 0 saturated carbocycles. The van der Waals surface area contributed by atoms with E-state index in [2.05, 4.69) is 10.4 Å². The molecule has 2 heterocycles. The summed E-state index contributed by atoms with van der Waals surface area (Å²) >= 11 is 1.61. The summed E-state index contributed by atoms with van der Waals surface area (Å²) in [5.74, 6) is -2.24. The van der Waals surface area contributed by atoms with Gasteiger partial charge < -0.3 is 5.32 Å². The van der Waals surface area contributed by atoms with E-state index in [0.29, 0.717) is 11.4 Å². The summed E-state index contributed by atoms with van der Waals surface area (Å²) in [5.41, 5.74) is 5.00. The Morgan fingerprint density at radius 1 is 1.06 bits per heavy atom. The first kappa shape index (κ1) is 21.7. The molecule has 166 valence electrons. The Bertz CT molecular complexity index is 1450. The maximum absolute atomic E-state index is 13.5. The van der Waals surface area contributed by atoms with Crippen molar-refractivity contribution in [2.75, 3.05) is 5.32 Å². The van der Waals surface area contributed by atoms with E-state index < -0.39 is 17.6 Å². The van der Waals surface area contributed by atoms with Crippen molar-refractivity contribution in [2.24, 2.45) is 5.92 Å². The van der Waals surface area contributed by atoms with Gasteiger partial charge in [0, 0.05) is 27.5 Å². The highest BCUT2D eigenvalue weighted by atomic mass is 32.2. The van der Waals surface area contributed by atoms with E-state index in [9.17, 15) is 14.9 Å². The largest absolute Gasteiger partial charge is 0.325 e. The minimum atomic E-state index is -1.51. The Morgan fingerprint density at radius 2 is 1.82 bits per heavy atom. The molecular formula is C27H20N4O2S. The van der Waals surface area contributed by atoms with Crippen LogP contribution in [0.15, 0.2) is 83.8 Å². The molecule has 0 radical (unpaired) electrons. The Kier molecular flexibility index (Phi) is 5.74. The molecule has 1 aliphatic rings. The predicted octanol–water partition coefficient (Wildman–Crippen LogP) is 5.41. The van der Waals surface area contributed by atoms with Gasteiger partial charge in [-0.05, 0) is 42.8 Å². The van der Waals surface area contributed by atoms with Crippen molar-refractivity contribution in [3.8, 4) is 23.0 Å². The number of nitrogens with zero attached hydrogens (tertiary/aromatic N) is 3. The Hall–Kier alpha value is -4.15. The zero-order valence-corrected chi connectivity index (χ0v) is 19.2. The number of fused-ring (bicyclic) bond motifs is 3. The van der Waals surface area contributed by atoms with Crippen molar-refractivity contribution in [2.45, 2.75) is 17.6 Å². The lowest BCUT2D eigenvalue weighted by Gasteiger charge is -2.18. The highest BCUT2D eigenvalue weighted by molar-refractivity contribution is 7.98. The molecule has 4 aromatic rings. The van der Waals surface area contributed by atoms with Crippen LogP contribution < -0.4 is 5.32 Å². The number of amides is 1. The van der Waals surface area contributed by atoms with E-state index in [1.807, 2.05) is 73.7 Å². The predicted molar refractivity (Wildman–Crippen MR) is 132 cm³/mol. The molecule has 6 nitrogen and oxygen atoms in total. The van der Waals surface area contributed by atoms with Crippen LogP contribution in [-0.2, 0) is 10.5 Å². The molecule has 5 rings (SSSR count). The number of anilines is 1. The molecule has 1 atom stereocenters. The second-order valence-corrected chi connectivity index (χ2v) is 9.01. The number of para-hydroxylation sites is 1. The maximum atomic E-state index is 13.5. The lowest BCUT2D eigenvalue weighted by Crippen LogP contribution is -2.29. The van der Waals surface area contributed by atoms with Crippen molar-refractivity contribution in [3.63, 3.8) is 0 Å². The smallest absolute Gasteiger partial charge is 0.249 e. The van der Waals surface area contributed by atoms with E-state index in [1.54, 1.807) is 34.6 Å². The molecule has 1 amide bonds. The molecule has 0 saturated heterocycles. The molecule has 1 aromatic heterocycles. The summed E-state index contributed by atoms with van der Waals surface area (Å²) in [7, 11) is 0. The number of nitrogens with one attached hydrogen (secondary N) is 1. The fourth-order valence-electron chi connectivity index (χ4n) is 4.07. The van der Waals surface area contributed by atoms with Crippen LogP contribution in [0.2, 0.25) is 0 Å². The number of aromatic nitrogens is 2. The van der Waals surface area contributed by atoms with E-state index in [-0.39, 0.29) is 5.69 Å². The zero-order valence-electron chi connectivity index (χ0n) is 18.4. The quantitative estimate of drug-likeness (QED) is 0.315. The first-order valence-corrected chi connectivity index (χ1v) is 11.8. The normalized spacial score (nSPS) is 12.7. The Labute approximate surface area is 201 Å². The lowest BCUT2D eigenvalue weighted by molar-refractivity contribution is -0.117. The lowest BCUT2D eigenvalue weighted by atomic mass is 9.97. The molecule has 0 aliphatic carbocycles. The number of nitriles is 1. The number of carbonyl (C=O) groups is 2. The molecule has 0 bridgehead atoms. The molecule has 3 aromatic carbocycles. The summed E-state index contributed by atoms with van der Waals surface area (Å²) in [5, 5.41) is 17.1. The monoisotopic (exact) mass is 464 g/mol. The third-order valence-electron chi connectivity index (χ3n) is 5.67. The van der Waals surface area contributed by atoms with Crippen LogP contribution in [0.3, 0.4) is 0 Å². The van der Waals surface area contributed by atoms with Crippen molar-refractivity contribution in [1.82, 2.24) is 9.78 Å². The minimum Gasteiger partial charge on any atom is -0.325 e. The second-order valence-electron chi connectivity index (χ2n) is 7.99. The summed E-state index contributed by atoms with van der Waals surface area (Å²) in [6, 6.07) is 26.6. The Morgan fingerprint density at radius 3 is 2.59 bits per heavy atom. The fourth-order valence-corrected chi connectivity index (χ4v) is 5.13. The molecule has 7 heteroatoms. The molecule has 1 N–H and O–H groups in total. The van der Waals surface area contributed by atoms with Crippen molar-refractivity contribution >= 4 is 29.1 Å². The van der Waals surface area contributed by atoms with Crippen molar-refractivity contribution < 1.29 is 9.59 Å². The third-order valence-corrected chi connectivity index (χ3v) is 6.77. The molecule has 1 aliphatic heterocycles. The minimum absolute atomic E-state index is 0.159. The highest BCUT2D eigenvalue weighted by Crippen LogP contribution is 2.44. The summed E-state index contributed by atoms with van der Waals surface area (Å²) in [6.07, 6.45) is 0. The standard InChI is InChI=1S/C27H20N4O2S/c1-17-8-7-9-18(14-17)29-27(33)21(15-28)26(32)24-22-16-34-23-13-6-5-12-20(23)25(22)31(30-24)19-10-3-2-4-11-19/h2-14,21H,16H2,1H3,(H,29,33). The number of benzene rings is 3. The van der Waals surface area contributed by atoms with Gasteiger partial charge in [-0.25, -0.2) is 4.68 Å². The van der Waals surface area contributed by atoms with Crippen LogP contribution in [0, 0.1) is 24.2 Å². The summed E-state index contributed by atoms with van der Waals surface area (Å²) in [6.45, 7) is 1.90. The third kappa shape index (κ3) is 3.89. The number of Topliss-reactive ketones (excluding diaryl/α,β-unsaturated/α-hetero) is 1. The van der Waals surface area contributed by atoms with Crippen molar-refractivity contribution in [3.05, 3.63) is 95.7 Å². The first-order chi connectivity index (χ1) is 16.6. The van der Waals surface area contributed by atoms with E-state index in [1.165, 1.54) is 0 Å². The van der Waals surface area contributed by atoms with Gasteiger partial charge in [0.2, 0.25) is 11.7 Å². The number of thioether (sulfide) groups is 1. The fraction of sp³-hybridized carbons (Fsp3) is 0.111. The van der Waals surface area contributed by atoms with Gasteiger partial charge in [0.1, 0.15) is 5.69 Å². The Balaban J connectivity index is 1.57. The van der Waals surface area contributed by atoms with Crippen LogP contribution in [0.1, 0.15) is 21.6 Å². The van der Waals surface area contributed by atoms with Crippen LogP contribution in [0.4, 0.5) is 5.69 Å². The zero-order chi connectivity index (χ0) is 23.7. The van der Waals surface area contributed by atoms with Gasteiger partial charge in [-0.1, -0.05) is 48.5 Å². The van der Waals surface area contributed by atoms with Crippen molar-refractivity contribution in [1.29, 1.82) is 5.26 Å². The van der Waals surface area contributed by atoms with Crippen LogP contribution in [0.25, 0.3) is 16.9 Å². The van der Waals surface area contributed by atoms with Gasteiger partial charge >= 0.3 is 0 Å². The number of aryl methyl sites for hydroxylation is 1. The molecule has 0 spiro atoms. The number of carbonyl (C=O) groups excluding carboxylic acids is 2. The topological polar surface area (TPSA) is 87.8 Å². The average molecular weight is 465 g/mol. The van der Waals surface area contributed by atoms with Gasteiger partial charge in [0.15, 0.2) is 5.92 Å². The summed E-state index contributed by atoms with van der Waals surface area (Å²) < 4.78 is 1.74. The first-order valence-electron chi connectivity index (χ1n) is 10.8. The molecule has 1 unspecified atom stereocenters. The molecular weight excluding hydrogens is 444 g/mol. The molecule has 0 fully saturated rings. The number of hydrogen-bond donors (Lipinski definition) is 1. The van der Waals surface area contributed by atoms with Gasteiger partial charge in [-0.15, -0.1) is 11.8 Å². The number of ketones is 1. The average Bonchev–Trinajstić information content (AvgIpc) is 3.25. The SMILES string of the molecule is Cc1cccc(NC(=O)C(C#N)C(=O)c2nn(-c3ccccc3)c3c2CSc2ccccc2-3)c1.